The first-order valence-corrected chi connectivity index (χ1v) is 7.34. The number of hydrogen-bond acceptors (Lipinski definition) is 2. The van der Waals surface area contributed by atoms with E-state index in [0.29, 0.717) is 5.54 Å². The summed E-state index contributed by atoms with van der Waals surface area (Å²) in [6.07, 6.45) is 8.54. The van der Waals surface area contributed by atoms with Gasteiger partial charge < -0.3 is 4.90 Å². The van der Waals surface area contributed by atoms with Crippen LogP contribution in [-0.4, -0.2) is 41.5 Å². The molecule has 0 aromatic carbocycles. The molecule has 18 heavy (non-hydrogen) atoms. The Kier molecular flexibility index (Phi) is 4.16. The first kappa shape index (κ1) is 13.7. The van der Waals surface area contributed by atoms with Crippen LogP contribution >= 0.6 is 0 Å². The minimum atomic E-state index is 0.308. The smallest absolute Gasteiger partial charge is 0.0325 e. The molecule has 102 valence electrons. The molecule has 1 aliphatic heterocycles. The summed E-state index contributed by atoms with van der Waals surface area (Å²) in [5, 5.41) is 0. The zero-order chi connectivity index (χ0) is 13.2. The van der Waals surface area contributed by atoms with Gasteiger partial charge in [-0.1, -0.05) is 11.6 Å². The molecule has 0 amide bonds. The lowest BCUT2D eigenvalue weighted by Crippen LogP contribution is -2.43. The van der Waals surface area contributed by atoms with Gasteiger partial charge in [-0.05, 0) is 53.0 Å². The van der Waals surface area contributed by atoms with E-state index >= 15 is 0 Å². The number of allylic oxidation sites excluding steroid dienone is 3. The van der Waals surface area contributed by atoms with E-state index in [-0.39, 0.29) is 0 Å². The average molecular weight is 248 g/mol. The molecule has 0 unspecified atom stereocenters. The monoisotopic (exact) mass is 248 g/mol. The fraction of sp³-hybridized carbons (Fsp3) is 0.750. The Morgan fingerprint density at radius 2 is 1.83 bits per heavy atom. The van der Waals surface area contributed by atoms with Gasteiger partial charge in [0.15, 0.2) is 0 Å². The predicted molar refractivity (Wildman–Crippen MR) is 78.6 cm³/mol. The second kappa shape index (κ2) is 5.48. The summed E-state index contributed by atoms with van der Waals surface area (Å²) in [6, 6.07) is 0. The molecular formula is C16H28N2. The van der Waals surface area contributed by atoms with Crippen molar-refractivity contribution in [2.24, 2.45) is 0 Å². The highest BCUT2D eigenvalue weighted by molar-refractivity contribution is 5.26. The van der Waals surface area contributed by atoms with E-state index in [4.69, 9.17) is 0 Å². The molecule has 1 fully saturated rings. The molecule has 0 N–H and O–H groups in total. The molecule has 0 aromatic heterocycles. The maximum atomic E-state index is 2.62. The van der Waals surface area contributed by atoms with Gasteiger partial charge in [0.2, 0.25) is 0 Å². The zero-order valence-corrected chi connectivity index (χ0v) is 12.5. The topological polar surface area (TPSA) is 6.48 Å². The summed E-state index contributed by atoms with van der Waals surface area (Å²) in [6.45, 7) is 14.0. The molecule has 0 atom stereocenters. The van der Waals surface area contributed by atoms with Gasteiger partial charge in [0.25, 0.3) is 0 Å². The molecule has 2 aliphatic rings. The van der Waals surface area contributed by atoms with Crippen molar-refractivity contribution >= 4 is 0 Å². The van der Waals surface area contributed by atoms with Crippen LogP contribution in [-0.2, 0) is 0 Å². The Labute approximate surface area is 112 Å². The van der Waals surface area contributed by atoms with Gasteiger partial charge in [0.1, 0.15) is 0 Å². The second-order valence-electron chi connectivity index (χ2n) is 6.66. The van der Waals surface area contributed by atoms with E-state index in [0.717, 1.165) is 0 Å². The fourth-order valence-corrected chi connectivity index (χ4v) is 2.90. The van der Waals surface area contributed by atoms with Crippen LogP contribution in [0.1, 0.15) is 47.0 Å². The summed E-state index contributed by atoms with van der Waals surface area (Å²) in [4.78, 5) is 5.20. The van der Waals surface area contributed by atoms with Gasteiger partial charge in [0, 0.05) is 37.4 Å². The summed E-state index contributed by atoms with van der Waals surface area (Å²) >= 11 is 0. The molecule has 1 saturated heterocycles. The molecule has 1 heterocycles. The van der Waals surface area contributed by atoms with Crippen LogP contribution in [0, 0.1) is 0 Å². The average Bonchev–Trinajstić information content (AvgIpc) is 2.53. The lowest BCUT2D eigenvalue weighted by atomic mass is 10.0. The van der Waals surface area contributed by atoms with Gasteiger partial charge >= 0.3 is 0 Å². The lowest BCUT2D eigenvalue weighted by Gasteiger charge is -2.34. The normalized spacial score (nSPS) is 23.4. The first-order valence-electron chi connectivity index (χ1n) is 7.34. The van der Waals surface area contributed by atoms with Crippen molar-refractivity contribution < 1.29 is 0 Å². The Bertz CT molecular complexity index is 347. The van der Waals surface area contributed by atoms with Crippen molar-refractivity contribution in [1.29, 1.82) is 0 Å². The minimum Gasteiger partial charge on any atom is -0.370 e. The summed E-state index contributed by atoms with van der Waals surface area (Å²) in [5.41, 5.74) is 3.31. The van der Waals surface area contributed by atoms with Crippen LogP contribution in [0.5, 0.6) is 0 Å². The van der Waals surface area contributed by atoms with Crippen molar-refractivity contribution in [2.75, 3.05) is 26.2 Å². The van der Waals surface area contributed by atoms with Crippen LogP contribution in [0.25, 0.3) is 0 Å². The maximum absolute atomic E-state index is 2.62. The Balaban J connectivity index is 1.99. The van der Waals surface area contributed by atoms with E-state index in [1.54, 1.807) is 0 Å². The van der Waals surface area contributed by atoms with Crippen LogP contribution in [0.2, 0.25) is 0 Å². The standard InChI is InChI=1S/C16H28N2/c1-14-7-5-8-15(13-14)17-9-6-10-18(12-11-17)16(2,3)4/h8,13H,5-7,9-12H2,1-4H3. The predicted octanol–water partition coefficient (Wildman–Crippen LogP) is 3.42. The highest BCUT2D eigenvalue weighted by Gasteiger charge is 2.24. The van der Waals surface area contributed by atoms with Crippen molar-refractivity contribution in [3.63, 3.8) is 0 Å². The van der Waals surface area contributed by atoms with E-state index < -0.39 is 0 Å². The van der Waals surface area contributed by atoms with E-state index in [2.05, 4.69) is 49.6 Å². The molecule has 0 radical (unpaired) electrons. The van der Waals surface area contributed by atoms with Crippen molar-refractivity contribution in [3.05, 3.63) is 23.4 Å². The minimum absolute atomic E-state index is 0.308. The quantitative estimate of drug-likeness (QED) is 0.701. The number of hydrogen-bond donors (Lipinski definition) is 0. The molecule has 0 saturated carbocycles. The summed E-state index contributed by atoms with van der Waals surface area (Å²) in [5.74, 6) is 0. The highest BCUT2D eigenvalue weighted by atomic mass is 15.2. The van der Waals surface area contributed by atoms with Gasteiger partial charge in [-0.25, -0.2) is 0 Å². The Morgan fingerprint density at radius 3 is 2.50 bits per heavy atom. The first-order chi connectivity index (χ1) is 8.47. The van der Waals surface area contributed by atoms with Crippen LogP contribution in [0.4, 0.5) is 0 Å². The molecule has 2 rings (SSSR count). The molecule has 1 aliphatic carbocycles. The van der Waals surface area contributed by atoms with E-state index in [9.17, 15) is 0 Å². The third-order valence-corrected chi connectivity index (χ3v) is 4.10. The summed E-state index contributed by atoms with van der Waals surface area (Å²) < 4.78 is 0. The Hall–Kier alpha value is -0.760. The molecule has 2 nitrogen and oxygen atoms in total. The van der Waals surface area contributed by atoms with Gasteiger partial charge in [-0.15, -0.1) is 0 Å². The fourth-order valence-electron chi connectivity index (χ4n) is 2.90. The number of nitrogens with zero attached hydrogens (tertiary/aromatic N) is 2. The van der Waals surface area contributed by atoms with Crippen LogP contribution in [0.3, 0.4) is 0 Å². The van der Waals surface area contributed by atoms with E-state index in [1.807, 2.05) is 0 Å². The molecule has 0 aromatic rings. The lowest BCUT2D eigenvalue weighted by molar-refractivity contribution is 0.143. The van der Waals surface area contributed by atoms with Crippen molar-refractivity contribution in [2.45, 2.75) is 52.5 Å². The molecule has 2 heteroatoms. The number of rotatable bonds is 1. The third-order valence-electron chi connectivity index (χ3n) is 4.10. The SMILES string of the molecule is CC1=CC(N2CCCN(C(C)(C)C)CC2)=CCC1. The zero-order valence-electron chi connectivity index (χ0n) is 12.5. The Morgan fingerprint density at radius 1 is 1.06 bits per heavy atom. The largest absolute Gasteiger partial charge is 0.370 e. The summed E-state index contributed by atoms with van der Waals surface area (Å²) in [7, 11) is 0. The van der Waals surface area contributed by atoms with Gasteiger partial charge in [-0.3, -0.25) is 4.90 Å². The third kappa shape index (κ3) is 3.38. The van der Waals surface area contributed by atoms with Crippen molar-refractivity contribution in [3.8, 4) is 0 Å². The van der Waals surface area contributed by atoms with Crippen LogP contribution in [0.15, 0.2) is 23.4 Å². The van der Waals surface area contributed by atoms with E-state index in [1.165, 1.54) is 56.7 Å². The molecular weight excluding hydrogens is 220 g/mol. The van der Waals surface area contributed by atoms with Gasteiger partial charge in [0.05, 0.1) is 0 Å². The second-order valence-corrected chi connectivity index (χ2v) is 6.66. The highest BCUT2D eigenvalue weighted by Crippen LogP contribution is 2.22. The molecule has 0 spiro atoms. The maximum Gasteiger partial charge on any atom is 0.0325 e. The van der Waals surface area contributed by atoms with Gasteiger partial charge in [-0.2, -0.15) is 0 Å². The van der Waals surface area contributed by atoms with Crippen molar-refractivity contribution in [1.82, 2.24) is 9.80 Å². The van der Waals surface area contributed by atoms with Crippen LogP contribution < -0.4 is 0 Å². The molecule has 0 bridgehead atoms.